The molecule has 0 spiro atoms. The van der Waals surface area contributed by atoms with E-state index in [-0.39, 0.29) is 79.3 Å². The molecule has 0 saturated carbocycles. The van der Waals surface area contributed by atoms with Gasteiger partial charge in [-0.05, 0) is 0 Å². The van der Waals surface area contributed by atoms with E-state index in [1.54, 1.807) is 0 Å². The van der Waals surface area contributed by atoms with Crippen molar-refractivity contribution >= 4 is 40.5 Å². The fraction of sp³-hybridized carbons (Fsp3) is 0. The molecule has 0 heterocycles. The van der Waals surface area contributed by atoms with Gasteiger partial charge in [0.2, 0.25) is 0 Å². The minimum Gasteiger partial charge on any atom is -2.00 e. The van der Waals surface area contributed by atoms with Crippen LogP contribution < -0.4 is 0 Å². The Kier molecular flexibility index (Phi) is 371. The largest absolute Gasteiger partial charge is 4.00 e. The van der Waals surface area contributed by atoms with Gasteiger partial charge in [-0.1, -0.05) is 0 Å². The van der Waals surface area contributed by atoms with Crippen LogP contribution in [0.5, 0.6) is 0 Å². The third-order valence-electron chi connectivity index (χ3n) is 0. The molecule has 0 atom stereocenters. The molecule has 0 N–H and O–H groups in total. The predicted molar refractivity (Wildman–Crippen MR) is 22.1 cm³/mol. The molecule has 0 nitrogen and oxygen atoms in total. The first-order valence-corrected chi connectivity index (χ1v) is 0. The molecule has 0 unspecified atom stereocenters. The van der Waals surface area contributed by atoms with Crippen LogP contribution in [0.4, 0.5) is 0 Å². The van der Waals surface area contributed by atoms with Gasteiger partial charge in [-0.25, -0.2) is 0 Å². The molecule has 0 aromatic carbocycles. The van der Waals surface area contributed by atoms with Crippen molar-refractivity contribution in [2.45, 2.75) is 0 Å². The third kappa shape index (κ3) is 22.1. The van der Waals surface area contributed by atoms with Gasteiger partial charge in [0.25, 0.3) is 0 Å². The van der Waals surface area contributed by atoms with Crippen LogP contribution in [0.25, 0.3) is 0 Å². The van der Waals surface area contributed by atoms with E-state index in [2.05, 4.69) is 0 Å². The van der Waals surface area contributed by atoms with Gasteiger partial charge in [0.05, 0.1) is 0 Å². The van der Waals surface area contributed by atoms with E-state index in [0.29, 0.717) is 0 Å². The Morgan fingerprint density at radius 1 is 0.600 bits per heavy atom. The number of hydrogen-bond acceptors (Lipinski definition) is 0. The minimum atomic E-state index is 0. The summed E-state index contributed by atoms with van der Waals surface area (Å²) in [6.45, 7) is 0. The Morgan fingerprint density at radius 3 is 0.600 bits per heavy atom. The van der Waals surface area contributed by atoms with Crippen LogP contribution in [-0.2, 0) is 79.3 Å². The van der Waals surface area contributed by atoms with Gasteiger partial charge in [0.15, 0.2) is 0 Å². The molecule has 0 bridgehead atoms. The zero-order chi connectivity index (χ0) is 0. The molecular formula is MnS3Ti. The first-order chi connectivity index (χ1) is 0. The van der Waals surface area contributed by atoms with Crippen molar-refractivity contribution in [2.24, 2.45) is 0 Å². The van der Waals surface area contributed by atoms with Crippen molar-refractivity contribution in [3.8, 4) is 0 Å². The zero-order valence-corrected chi connectivity index (χ0v) is 7.29. The Labute approximate surface area is 78.5 Å². The molecule has 0 aliphatic carbocycles. The Morgan fingerprint density at radius 2 is 0.600 bits per heavy atom. The molecule has 0 aromatic rings. The fourth-order valence-electron chi connectivity index (χ4n) is 0. The maximum Gasteiger partial charge on any atom is 4.00 e. The summed E-state index contributed by atoms with van der Waals surface area (Å²) >= 11 is 0. The second kappa shape index (κ2) is 33.6. The summed E-state index contributed by atoms with van der Waals surface area (Å²) in [6, 6.07) is 0. The first-order valence-electron chi connectivity index (χ1n) is 0. The molecule has 0 amide bonds. The van der Waals surface area contributed by atoms with Crippen LogP contribution >= 0.6 is 0 Å². The number of hydrogen-bond donors (Lipinski definition) is 0. The van der Waals surface area contributed by atoms with Crippen LogP contribution in [0.3, 0.4) is 0 Å². The van der Waals surface area contributed by atoms with E-state index in [0.717, 1.165) is 0 Å². The molecule has 0 aliphatic heterocycles. The second-order valence-electron chi connectivity index (χ2n) is 0. The summed E-state index contributed by atoms with van der Waals surface area (Å²) in [6.07, 6.45) is 0. The molecule has 5 heteroatoms. The first kappa shape index (κ1) is 55.1. The van der Waals surface area contributed by atoms with Gasteiger partial charge >= 0.3 is 38.8 Å². The Bertz CT molecular complexity index is 6.85. The Balaban J connectivity index is 0. The van der Waals surface area contributed by atoms with Crippen molar-refractivity contribution < 1.29 is 38.8 Å². The van der Waals surface area contributed by atoms with Crippen molar-refractivity contribution in [3.05, 3.63) is 0 Å². The summed E-state index contributed by atoms with van der Waals surface area (Å²) in [4.78, 5) is 0. The third-order valence-corrected chi connectivity index (χ3v) is 0. The summed E-state index contributed by atoms with van der Waals surface area (Å²) in [5, 5.41) is 0. The van der Waals surface area contributed by atoms with Crippen LogP contribution in [0, 0.1) is 0 Å². The van der Waals surface area contributed by atoms with Gasteiger partial charge in [0.1, 0.15) is 0 Å². The van der Waals surface area contributed by atoms with Crippen molar-refractivity contribution in [3.63, 3.8) is 0 Å². The smallest absolute Gasteiger partial charge is 2.00 e. The average Bonchev–Trinajstić information content (AvgIpc) is 0. The molecule has 0 rings (SSSR count). The molecule has 29 valence electrons. The van der Waals surface area contributed by atoms with E-state index in [4.69, 9.17) is 0 Å². The monoisotopic (exact) mass is 199 g/mol. The second-order valence-corrected chi connectivity index (χ2v) is 0. The summed E-state index contributed by atoms with van der Waals surface area (Å²) in [5.41, 5.74) is 0. The molecule has 0 saturated heterocycles. The van der Waals surface area contributed by atoms with Gasteiger partial charge < -0.3 is 40.5 Å². The van der Waals surface area contributed by atoms with Crippen LogP contribution in [0.15, 0.2) is 0 Å². The average molecular weight is 199 g/mol. The van der Waals surface area contributed by atoms with E-state index in [1.807, 2.05) is 0 Å². The topological polar surface area (TPSA) is 0 Å². The molecule has 5 heavy (non-hydrogen) atoms. The quantitative estimate of drug-likeness (QED) is 0.481. The van der Waals surface area contributed by atoms with Crippen LogP contribution in [0.2, 0.25) is 0 Å². The maximum atomic E-state index is 0. The molecule has 0 aliphatic rings. The van der Waals surface area contributed by atoms with Crippen molar-refractivity contribution in [1.82, 2.24) is 0 Å². The molecule has 0 fully saturated rings. The maximum absolute atomic E-state index is 0. The van der Waals surface area contributed by atoms with Crippen molar-refractivity contribution in [2.75, 3.05) is 0 Å². The SMILES string of the molecule is [Mn+2].[S-2].[S-2].[S-2].[Ti+4]. The van der Waals surface area contributed by atoms with E-state index < -0.39 is 0 Å². The van der Waals surface area contributed by atoms with Crippen LogP contribution in [0.1, 0.15) is 0 Å². The zero-order valence-electron chi connectivity index (χ0n) is 2.10. The molecule has 1 radical (unpaired) electrons. The van der Waals surface area contributed by atoms with Crippen LogP contribution in [-0.4, -0.2) is 0 Å². The van der Waals surface area contributed by atoms with Gasteiger partial charge in [-0.15, -0.1) is 0 Å². The Hall–Kier alpha value is 2.28. The van der Waals surface area contributed by atoms with Gasteiger partial charge in [0, 0.05) is 0 Å². The normalized spacial score (nSPS) is 0. The van der Waals surface area contributed by atoms with Gasteiger partial charge in [-0.2, -0.15) is 0 Å². The van der Waals surface area contributed by atoms with Gasteiger partial charge in [-0.3, -0.25) is 0 Å². The summed E-state index contributed by atoms with van der Waals surface area (Å²) < 4.78 is 0. The van der Waals surface area contributed by atoms with E-state index in [9.17, 15) is 0 Å². The fourth-order valence-corrected chi connectivity index (χ4v) is 0. The van der Waals surface area contributed by atoms with E-state index in [1.165, 1.54) is 0 Å². The van der Waals surface area contributed by atoms with Crippen molar-refractivity contribution in [1.29, 1.82) is 0 Å². The molecular weight excluding hydrogens is 199 g/mol. The predicted octanol–water partition coefficient (Wildman–Crippen LogP) is -0.0122. The van der Waals surface area contributed by atoms with E-state index >= 15 is 0 Å². The summed E-state index contributed by atoms with van der Waals surface area (Å²) in [7, 11) is 0. The summed E-state index contributed by atoms with van der Waals surface area (Å²) in [5.74, 6) is 0. The number of rotatable bonds is 0. The molecule has 0 aromatic heterocycles. The minimum absolute atomic E-state index is 0. The standard InChI is InChI=1S/Mn.3S.Ti/q+2;3*-2;+4.